The summed E-state index contributed by atoms with van der Waals surface area (Å²) >= 11 is 0. The van der Waals surface area contributed by atoms with Crippen LogP contribution in [0.1, 0.15) is 66.4 Å². The predicted octanol–water partition coefficient (Wildman–Crippen LogP) is 2.79. The fourth-order valence-corrected chi connectivity index (χ4v) is 2.33. The third kappa shape index (κ3) is 14.0. The number of hydrogen-bond donors (Lipinski definition) is 5. The van der Waals surface area contributed by atoms with Gasteiger partial charge in [-0.2, -0.15) is 0 Å². The zero-order valence-corrected chi connectivity index (χ0v) is 20.3. The number of hydrazine groups is 2. The Kier molecular flexibility index (Phi) is 15.9. The van der Waals surface area contributed by atoms with E-state index in [1.54, 1.807) is 0 Å². The molecule has 0 bridgehead atoms. The molecule has 1 aromatic rings. The number of anilines is 1. The maximum Gasteiger partial charge on any atom is 0.224 e. The SMILES string of the molecule is CCC(=O)Nc1ccc(CN2C=C(C)NN2)cc1.CCNC(=O)CC.CCNC(=O)CC. The van der Waals surface area contributed by atoms with Gasteiger partial charge in [0.2, 0.25) is 17.7 Å². The maximum absolute atomic E-state index is 11.2. The Morgan fingerprint density at radius 1 is 0.812 bits per heavy atom. The predicted molar refractivity (Wildman–Crippen MR) is 129 cm³/mol. The Labute approximate surface area is 192 Å². The summed E-state index contributed by atoms with van der Waals surface area (Å²) in [6.45, 7) is 13.6. The number of allylic oxidation sites excluding steroid dienone is 1. The molecule has 32 heavy (non-hydrogen) atoms. The van der Waals surface area contributed by atoms with Gasteiger partial charge in [-0.3, -0.25) is 19.4 Å². The van der Waals surface area contributed by atoms with E-state index in [0.717, 1.165) is 31.0 Å². The van der Waals surface area contributed by atoms with Crippen LogP contribution in [0.2, 0.25) is 0 Å². The molecule has 5 N–H and O–H groups in total. The zero-order valence-electron chi connectivity index (χ0n) is 20.3. The van der Waals surface area contributed by atoms with E-state index in [4.69, 9.17) is 0 Å². The highest BCUT2D eigenvalue weighted by molar-refractivity contribution is 5.90. The first-order chi connectivity index (χ1) is 15.3. The number of benzene rings is 1. The second-order valence-corrected chi connectivity index (χ2v) is 6.89. The fraction of sp³-hybridized carbons (Fsp3) is 0.522. The van der Waals surface area contributed by atoms with Gasteiger partial charge in [0.25, 0.3) is 0 Å². The van der Waals surface area contributed by atoms with Crippen LogP contribution in [0.4, 0.5) is 5.69 Å². The van der Waals surface area contributed by atoms with Crippen molar-refractivity contribution < 1.29 is 14.4 Å². The average molecular weight is 449 g/mol. The molecule has 0 saturated carbocycles. The average Bonchev–Trinajstić information content (AvgIpc) is 3.20. The van der Waals surface area contributed by atoms with E-state index in [1.807, 2.05) is 77.0 Å². The number of nitrogens with one attached hydrogen (secondary N) is 5. The first kappa shape index (κ1) is 28.9. The summed E-state index contributed by atoms with van der Waals surface area (Å²) in [7, 11) is 0. The van der Waals surface area contributed by atoms with E-state index < -0.39 is 0 Å². The van der Waals surface area contributed by atoms with Crippen LogP contribution in [-0.4, -0.2) is 35.8 Å². The molecule has 0 unspecified atom stereocenters. The van der Waals surface area contributed by atoms with Crippen molar-refractivity contribution in [2.75, 3.05) is 18.4 Å². The van der Waals surface area contributed by atoms with E-state index >= 15 is 0 Å². The Balaban J connectivity index is 0.000000570. The lowest BCUT2D eigenvalue weighted by Crippen LogP contribution is -2.35. The molecule has 0 saturated heterocycles. The van der Waals surface area contributed by atoms with Crippen LogP contribution in [0.5, 0.6) is 0 Å². The van der Waals surface area contributed by atoms with Crippen molar-refractivity contribution in [3.8, 4) is 0 Å². The van der Waals surface area contributed by atoms with Crippen LogP contribution >= 0.6 is 0 Å². The molecule has 1 aliphatic heterocycles. The molecule has 180 valence electrons. The standard InChI is InChI=1S/C13H18N4O.2C5H11NO/c1-3-13(18)14-12-6-4-11(5-7-12)9-17-8-10(2)15-16-17;2*1-3-5(7)6-4-2/h4-8,15-16H,3,9H2,1-2H3,(H,14,18);2*3-4H2,1-2H3,(H,6,7). The molecule has 9 heteroatoms. The molecule has 0 radical (unpaired) electrons. The van der Waals surface area contributed by atoms with Gasteiger partial charge in [0, 0.05) is 49.9 Å². The monoisotopic (exact) mass is 448 g/mol. The minimum atomic E-state index is 0.0340. The molecule has 1 aliphatic rings. The Morgan fingerprint density at radius 2 is 1.31 bits per heavy atom. The van der Waals surface area contributed by atoms with Crippen molar-refractivity contribution in [3.63, 3.8) is 0 Å². The Hall–Kier alpha value is -3.07. The Bertz CT molecular complexity index is 701. The molecule has 2 rings (SSSR count). The van der Waals surface area contributed by atoms with Gasteiger partial charge in [0.15, 0.2) is 0 Å². The van der Waals surface area contributed by atoms with Gasteiger partial charge < -0.3 is 21.4 Å². The summed E-state index contributed by atoms with van der Waals surface area (Å²) < 4.78 is 0. The third-order valence-corrected chi connectivity index (χ3v) is 4.05. The third-order valence-electron chi connectivity index (χ3n) is 4.05. The summed E-state index contributed by atoms with van der Waals surface area (Å²) in [5, 5.41) is 10.1. The molecule has 0 atom stereocenters. The van der Waals surface area contributed by atoms with Crippen molar-refractivity contribution >= 4 is 23.4 Å². The lowest BCUT2D eigenvalue weighted by atomic mass is 10.2. The number of rotatable bonds is 8. The van der Waals surface area contributed by atoms with Crippen molar-refractivity contribution in [1.82, 2.24) is 26.6 Å². The molecule has 9 nitrogen and oxygen atoms in total. The van der Waals surface area contributed by atoms with E-state index in [9.17, 15) is 14.4 Å². The molecular weight excluding hydrogens is 408 g/mol. The first-order valence-corrected chi connectivity index (χ1v) is 11.2. The number of amides is 3. The summed E-state index contributed by atoms with van der Waals surface area (Å²) in [5.41, 5.74) is 9.14. The molecule has 0 fully saturated rings. The minimum absolute atomic E-state index is 0.0340. The summed E-state index contributed by atoms with van der Waals surface area (Å²) in [4.78, 5) is 31.8. The molecule has 0 aromatic heterocycles. The molecular formula is C23H40N6O3. The van der Waals surface area contributed by atoms with Gasteiger partial charge in [-0.25, -0.2) is 0 Å². The molecule has 0 spiro atoms. The van der Waals surface area contributed by atoms with Gasteiger partial charge in [-0.15, -0.1) is 5.53 Å². The summed E-state index contributed by atoms with van der Waals surface area (Å²) in [6.07, 6.45) is 3.68. The quantitative estimate of drug-likeness (QED) is 0.418. The minimum Gasteiger partial charge on any atom is -0.356 e. The van der Waals surface area contributed by atoms with Gasteiger partial charge >= 0.3 is 0 Å². The van der Waals surface area contributed by atoms with E-state index in [2.05, 4.69) is 26.9 Å². The van der Waals surface area contributed by atoms with Crippen molar-refractivity contribution in [2.45, 2.75) is 67.3 Å². The molecule has 3 amide bonds. The number of nitrogens with zero attached hydrogens (tertiary/aromatic N) is 1. The van der Waals surface area contributed by atoms with Crippen molar-refractivity contribution in [1.29, 1.82) is 0 Å². The molecule has 1 aromatic carbocycles. The second kappa shape index (κ2) is 17.6. The lowest BCUT2D eigenvalue weighted by molar-refractivity contribution is -0.121. The number of hydrogen-bond acceptors (Lipinski definition) is 6. The largest absolute Gasteiger partial charge is 0.356 e. The smallest absolute Gasteiger partial charge is 0.224 e. The highest BCUT2D eigenvalue weighted by Crippen LogP contribution is 2.12. The van der Waals surface area contributed by atoms with Gasteiger partial charge in [-0.05, 0) is 38.5 Å². The molecule has 1 heterocycles. The van der Waals surface area contributed by atoms with Gasteiger partial charge in [0.1, 0.15) is 0 Å². The van der Waals surface area contributed by atoms with E-state index in [-0.39, 0.29) is 17.7 Å². The molecule has 0 aliphatic carbocycles. The second-order valence-electron chi connectivity index (χ2n) is 6.89. The van der Waals surface area contributed by atoms with Crippen molar-refractivity contribution in [2.24, 2.45) is 0 Å². The Morgan fingerprint density at radius 3 is 1.66 bits per heavy atom. The lowest BCUT2D eigenvalue weighted by Gasteiger charge is -2.15. The zero-order chi connectivity index (χ0) is 24.4. The summed E-state index contributed by atoms with van der Waals surface area (Å²) in [6, 6.07) is 7.86. The van der Waals surface area contributed by atoms with Crippen LogP contribution in [0.15, 0.2) is 36.2 Å². The normalized spacial score (nSPS) is 11.6. The van der Waals surface area contributed by atoms with E-state index in [0.29, 0.717) is 19.3 Å². The highest BCUT2D eigenvalue weighted by atomic mass is 16.2. The number of carbonyl (C=O) groups excluding carboxylic acids is 3. The van der Waals surface area contributed by atoms with Crippen LogP contribution < -0.4 is 26.9 Å². The summed E-state index contributed by atoms with van der Waals surface area (Å²) in [5.74, 6) is 0.289. The number of carbonyl (C=O) groups is 3. The van der Waals surface area contributed by atoms with Crippen LogP contribution in [-0.2, 0) is 20.9 Å². The topological polar surface area (TPSA) is 115 Å². The van der Waals surface area contributed by atoms with Gasteiger partial charge in [0.05, 0.1) is 6.54 Å². The first-order valence-electron chi connectivity index (χ1n) is 11.2. The van der Waals surface area contributed by atoms with Gasteiger partial charge in [-0.1, -0.05) is 32.9 Å². The van der Waals surface area contributed by atoms with Crippen LogP contribution in [0.25, 0.3) is 0 Å². The van der Waals surface area contributed by atoms with E-state index in [1.165, 1.54) is 5.56 Å². The van der Waals surface area contributed by atoms with Crippen LogP contribution in [0, 0.1) is 0 Å². The highest BCUT2D eigenvalue weighted by Gasteiger charge is 2.07. The fourth-order valence-electron chi connectivity index (χ4n) is 2.33. The van der Waals surface area contributed by atoms with Crippen LogP contribution in [0.3, 0.4) is 0 Å². The maximum atomic E-state index is 11.2. The van der Waals surface area contributed by atoms with Crippen molar-refractivity contribution in [3.05, 3.63) is 41.7 Å².